The first-order valence-electron chi connectivity index (χ1n) is 13.8. The summed E-state index contributed by atoms with van der Waals surface area (Å²) in [6.07, 6.45) is 0. The van der Waals surface area contributed by atoms with Crippen LogP contribution in [0, 0.1) is 0 Å². The van der Waals surface area contributed by atoms with Gasteiger partial charge in [-0.05, 0) is 52.6 Å². The number of fused-ring (bicyclic) bond motifs is 9. The van der Waals surface area contributed by atoms with E-state index in [0.29, 0.717) is 0 Å². The largest absolute Gasteiger partial charge is 0.309 e. The van der Waals surface area contributed by atoms with Gasteiger partial charge in [-0.1, -0.05) is 109 Å². The van der Waals surface area contributed by atoms with Crippen molar-refractivity contribution >= 4 is 65.2 Å². The van der Waals surface area contributed by atoms with E-state index >= 15 is 0 Å². The Labute approximate surface area is 230 Å². The van der Waals surface area contributed by atoms with Gasteiger partial charge in [0.05, 0.1) is 27.8 Å². The van der Waals surface area contributed by atoms with Gasteiger partial charge in [0.2, 0.25) is 0 Å². The van der Waals surface area contributed by atoms with Crippen molar-refractivity contribution in [2.45, 2.75) is 0 Å². The summed E-state index contributed by atoms with van der Waals surface area (Å²) in [4.78, 5) is 0. The fourth-order valence-corrected chi connectivity index (χ4v) is 6.76. The maximum Gasteiger partial charge on any atom is 0.0641 e. The van der Waals surface area contributed by atoms with Crippen LogP contribution in [0.3, 0.4) is 0 Å². The number of hydrogen-bond donors (Lipinski definition) is 0. The Kier molecular flexibility index (Phi) is 4.36. The molecule has 2 nitrogen and oxygen atoms in total. The molecule has 0 spiro atoms. The zero-order valence-electron chi connectivity index (χ0n) is 21.8. The second-order valence-electron chi connectivity index (χ2n) is 10.6. The molecule has 2 heterocycles. The van der Waals surface area contributed by atoms with Crippen LogP contribution in [0.25, 0.3) is 76.5 Å². The summed E-state index contributed by atoms with van der Waals surface area (Å²) in [6.45, 7) is 0. The van der Waals surface area contributed by atoms with E-state index in [9.17, 15) is 0 Å². The molecular formula is C38H24N2. The van der Waals surface area contributed by atoms with E-state index in [1.54, 1.807) is 0 Å². The summed E-state index contributed by atoms with van der Waals surface area (Å²) in [5, 5.41) is 10.1. The molecule has 0 aliphatic heterocycles. The second kappa shape index (κ2) is 8.08. The van der Waals surface area contributed by atoms with E-state index < -0.39 is 0 Å². The van der Waals surface area contributed by atoms with Gasteiger partial charge in [0, 0.05) is 32.6 Å². The molecule has 0 saturated carbocycles. The average Bonchev–Trinajstić information content (AvgIpc) is 3.53. The summed E-state index contributed by atoms with van der Waals surface area (Å²) in [7, 11) is 0. The fourth-order valence-electron chi connectivity index (χ4n) is 6.76. The molecule has 0 radical (unpaired) electrons. The van der Waals surface area contributed by atoms with Crippen LogP contribution in [0.5, 0.6) is 0 Å². The first-order valence-corrected chi connectivity index (χ1v) is 13.8. The van der Waals surface area contributed by atoms with E-state index in [-0.39, 0.29) is 0 Å². The Hall–Kier alpha value is -5.34. The highest BCUT2D eigenvalue weighted by atomic mass is 15.0. The van der Waals surface area contributed by atoms with Gasteiger partial charge in [0.1, 0.15) is 0 Å². The van der Waals surface area contributed by atoms with E-state index in [4.69, 9.17) is 0 Å². The topological polar surface area (TPSA) is 9.86 Å². The maximum atomic E-state index is 2.49. The predicted molar refractivity (Wildman–Crippen MR) is 170 cm³/mol. The van der Waals surface area contributed by atoms with Crippen molar-refractivity contribution in [2.75, 3.05) is 0 Å². The van der Waals surface area contributed by atoms with Crippen molar-refractivity contribution in [3.05, 3.63) is 146 Å². The van der Waals surface area contributed by atoms with Gasteiger partial charge < -0.3 is 9.13 Å². The highest BCUT2D eigenvalue weighted by Gasteiger charge is 2.21. The predicted octanol–water partition coefficient (Wildman–Crippen LogP) is 10.2. The Morgan fingerprint density at radius 3 is 1.85 bits per heavy atom. The summed E-state index contributed by atoms with van der Waals surface area (Å²) >= 11 is 0. The molecule has 9 rings (SSSR count). The molecule has 7 aromatic carbocycles. The number of para-hydroxylation sites is 2. The lowest BCUT2D eigenvalue weighted by atomic mass is 10.1. The molecule has 0 N–H and O–H groups in total. The van der Waals surface area contributed by atoms with Crippen LogP contribution in [-0.2, 0) is 0 Å². The third-order valence-electron chi connectivity index (χ3n) is 8.47. The van der Waals surface area contributed by atoms with Gasteiger partial charge in [0.15, 0.2) is 0 Å². The minimum absolute atomic E-state index is 1.18. The van der Waals surface area contributed by atoms with Crippen LogP contribution in [0.4, 0.5) is 0 Å². The summed E-state index contributed by atoms with van der Waals surface area (Å²) in [5.74, 6) is 0. The lowest BCUT2D eigenvalue weighted by Crippen LogP contribution is -1.96. The fraction of sp³-hybridized carbons (Fsp3) is 0. The van der Waals surface area contributed by atoms with Crippen molar-refractivity contribution < 1.29 is 0 Å². The number of nitrogens with zero attached hydrogens (tertiary/aromatic N) is 2. The number of aromatic nitrogens is 2. The molecule has 2 aromatic heterocycles. The van der Waals surface area contributed by atoms with Gasteiger partial charge in [-0.2, -0.15) is 0 Å². The van der Waals surface area contributed by atoms with Crippen LogP contribution in [0.2, 0.25) is 0 Å². The summed E-state index contributed by atoms with van der Waals surface area (Å²) in [5.41, 5.74) is 7.30. The molecule has 186 valence electrons. The quantitative estimate of drug-likeness (QED) is 0.220. The van der Waals surface area contributed by atoms with E-state index in [1.807, 2.05) is 0 Å². The minimum Gasteiger partial charge on any atom is -0.309 e. The van der Waals surface area contributed by atoms with Crippen LogP contribution in [0.1, 0.15) is 0 Å². The first kappa shape index (κ1) is 21.6. The highest BCUT2D eigenvalue weighted by Crippen LogP contribution is 2.42. The molecule has 9 aromatic rings. The lowest BCUT2D eigenvalue weighted by Gasteiger charge is -2.13. The lowest BCUT2D eigenvalue weighted by molar-refractivity contribution is 1.18. The van der Waals surface area contributed by atoms with Gasteiger partial charge in [-0.15, -0.1) is 0 Å². The Balaban J connectivity index is 1.50. The van der Waals surface area contributed by atoms with Crippen molar-refractivity contribution in [1.29, 1.82) is 0 Å². The van der Waals surface area contributed by atoms with Crippen molar-refractivity contribution in [1.82, 2.24) is 9.13 Å². The molecular weight excluding hydrogens is 484 g/mol. The minimum atomic E-state index is 1.18. The monoisotopic (exact) mass is 508 g/mol. The molecule has 0 bridgehead atoms. The number of benzene rings is 7. The van der Waals surface area contributed by atoms with Crippen LogP contribution < -0.4 is 0 Å². The Morgan fingerprint density at radius 1 is 0.350 bits per heavy atom. The summed E-state index contributed by atoms with van der Waals surface area (Å²) < 4.78 is 4.92. The Bertz CT molecular complexity index is 2430. The van der Waals surface area contributed by atoms with E-state index in [0.717, 1.165) is 0 Å². The van der Waals surface area contributed by atoms with Crippen molar-refractivity contribution in [2.24, 2.45) is 0 Å². The second-order valence-corrected chi connectivity index (χ2v) is 10.6. The Morgan fingerprint density at radius 2 is 1.00 bits per heavy atom. The zero-order chi connectivity index (χ0) is 26.2. The van der Waals surface area contributed by atoms with Gasteiger partial charge in [-0.25, -0.2) is 0 Å². The van der Waals surface area contributed by atoms with Gasteiger partial charge in [-0.3, -0.25) is 0 Å². The number of rotatable bonds is 2. The standard InChI is InChI=1S/C38H24N2/c1-2-12-27-24-28(21-20-25(27)10-1)39-35-18-8-6-16-32(35)37-36(39)23-22-31-30-15-5-7-17-34(30)40(38(31)37)33-19-9-13-26-11-3-4-14-29(26)33/h1-24H. The zero-order valence-corrected chi connectivity index (χ0v) is 21.8. The normalized spacial score (nSPS) is 12.0. The molecule has 0 aliphatic rings. The summed E-state index contributed by atoms with van der Waals surface area (Å²) in [6, 6.07) is 53.0. The maximum absolute atomic E-state index is 2.49. The van der Waals surface area contributed by atoms with Crippen molar-refractivity contribution in [3.8, 4) is 11.4 Å². The van der Waals surface area contributed by atoms with Gasteiger partial charge >= 0.3 is 0 Å². The molecule has 0 unspecified atom stereocenters. The van der Waals surface area contributed by atoms with Crippen LogP contribution in [0.15, 0.2) is 146 Å². The molecule has 0 amide bonds. The van der Waals surface area contributed by atoms with Crippen molar-refractivity contribution in [3.63, 3.8) is 0 Å². The smallest absolute Gasteiger partial charge is 0.0641 e. The third-order valence-corrected chi connectivity index (χ3v) is 8.47. The number of hydrogen-bond acceptors (Lipinski definition) is 0. The highest BCUT2D eigenvalue weighted by molar-refractivity contribution is 6.26. The molecule has 0 fully saturated rings. The average molecular weight is 509 g/mol. The molecule has 0 atom stereocenters. The molecule has 40 heavy (non-hydrogen) atoms. The van der Waals surface area contributed by atoms with E-state index in [2.05, 4.69) is 155 Å². The molecule has 2 heteroatoms. The molecule has 0 aliphatic carbocycles. The SMILES string of the molecule is c1ccc2cc(-n3c4ccccc4c4c3ccc3c5ccccc5n(-c5cccc6ccccc56)c34)ccc2c1. The van der Waals surface area contributed by atoms with Crippen LogP contribution >= 0.6 is 0 Å². The van der Waals surface area contributed by atoms with Gasteiger partial charge in [0.25, 0.3) is 0 Å². The molecule has 0 saturated heterocycles. The van der Waals surface area contributed by atoms with E-state index in [1.165, 1.54) is 76.5 Å². The van der Waals surface area contributed by atoms with Crippen LogP contribution in [-0.4, -0.2) is 9.13 Å². The first-order chi connectivity index (χ1) is 19.9. The third kappa shape index (κ3) is 2.88.